The Morgan fingerprint density at radius 3 is 1.53 bits per heavy atom. The highest BCUT2D eigenvalue weighted by Gasteiger charge is 2.22. The zero-order valence-electron chi connectivity index (χ0n) is 32.0. The Balaban J connectivity index is 0.000000177. The first-order valence-corrected chi connectivity index (χ1v) is 20.3. The average molecular weight is 835 g/mol. The molecule has 0 aliphatic carbocycles. The molecule has 2 saturated heterocycles. The van der Waals surface area contributed by atoms with Crippen LogP contribution in [-0.2, 0) is 12.8 Å². The van der Waals surface area contributed by atoms with Gasteiger partial charge in [0.15, 0.2) is 34.9 Å². The monoisotopic (exact) mass is 834 g/mol. The first kappa shape index (κ1) is 40.9. The van der Waals surface area contributed by atoms with E-state index >= 15 is 0 Å². The molecule has 2 fully saturated rings. The van der Waals surface area contributed by atoms with Gasteiger partial charge in [0.25, 0.3) is 0 Å². The minimum atomic E-state index is -0.890. The van der Waals surface area contributed by atoms with Crippen LogP contribution in [0.15, 0.2) is 73.1 Å². The minimum absolute atomic E-state index is 0.429. The lowest BCUT2D eigenvalue weighted by Crippen LogP contribution is -2.47. The fraction of sp³-hybridized carbons (Fsp3) is 0.350. The van der Waals surface area contributed by atoms with Crippen LogP contribution in [0, 0.1) is 23.3 Å². The molecule has 6 heterocycles. The summed E-state index contributed by atoms with van der Waals surface area (Å²) in [5.74, 6) is -1.39. The number of anilines is 2. The van der Waals surface area contributed by atoms with Crippen molar-refractivity contribution in [3.05, 3.63) is 107 Å². The maximum Gasteiger partial charge on any atom is 0.213 e. The second-order valence-corrected chi connectivity index (χ2v) is 15.1. The third-order valence-corrected chi connectivity index (χ3v) is 11.5. The summed E-state index contributed by atoms with van der Waals surface area (Å²) >= 11 is 2.57. The van der Waals surface area contributed by atoms with Crippen LogP contribution in [0.4, 0.5) is 27.8 Å². The van der Waals surface area contributed by atoms with Gasteiger partial charge >= 0.3 is 0 Å². The Labute approximate surface area is 342 Å². The first-order valence-electron chi connectivity index (χ1n) is 18.8. The fourth-order valence-corrected chi connectivity index (χ4v) is 7.97. The number of methoxy groups -OCH3 is 2. The summed E-state index contributed by atoms with van der Waals surface area (Å²) in [6, 6.07) is 15.4. The molecular weight excluding hydrogens is 793 g/mol. The highest BCUT2D eigenvalue weighted by Crippen LogP contribution is 2.28. The van der Waals surface area contributed by atoms with Gasteiger partial charge in [0.2, 0.25) is 22.0 Å². The van der Waals surface area contributed by atoms with Crippen molar-refractivity contribution in [2.24, 2.45) is 0 Å². The maximum atomic E-state index is 13.5. The second kappa shape index (κ2) is 19.4. The summed E-state index contributed by atoms with van der Waals surface area (Å²) in [7, 11) is 3.23. The summed E-state index contributed by atoms with van der Waals surface area (Å²) < 4.78 is 72.0. The summed E-state index contributed by atoms with van der Waals surface area (Å²) in [5, 5.41) is 1.62. The van der Waals surface area contributed by atoms with Crippen LogP contribution >= 0.6 is 23.1 Å². The molecule has 58 heavy (non-hydrogen) atoms. The third kappa shape index (κ3) is 10.6. The molecule has 4 aromatic heterocycles. The van der Waals surface area contributed by atoms with E-state index in [0.717, 1.165) is 113 Å². The summed E-state index contributed by atoms with van der Waals surface area (Å²) in [6.07, 6.45) is 5.51. The number of halogens is 4. The normalized spacial score (nSPS) is 14.9. The summed E-state index contributed by atoms with van der Waals surface area (Å²) in [5.41, 5.74) is 3.36. The molecule has 12 nitrogen and oxygen atoms in total. The molecule has 2 aliphatic rings. The number of hydrogen-bond donors (Lipinski definition) is 0. The number of nitrogens with zero attached hydrogens (tertiary/aromatic N) is 10. The average Bonchev–Trinajstić information content (AvgIpc) is 3.97. The SMILES string of the molecule is COc1cc(CCN2CCN(c3nc(-c4ccc(F)c(F)c4)ns3)CC2)ccn1.COc1ccc(CCN2CCN(c3nc(-c4ccc(F)c(F)c4)ns3)CC2)cn1. The molecule has 6 aromatic rings. The zero-order chi connectivity index (χ0) is 40.4. The molecule has 0 radical (unpaired) electrons. The van der Waals surface area contributed by atoms with Crippen LogP contribution in [0.2, 0.25) is 0 Å². The number of aromatic nitrogens is 6. The topological polar surface area (TPSA) is 109 Å². The van der Waals surface area contributed by atoms with Gasteiger partial charge in [-0.2, -0.15) is 18.7 Å². The molecule has 0 spiro atoms. The van der Waals surface area contributed by atoms with Gasteiger partial charge in [-0.25, -0.2) is 27.5 Å². The molecule has 0 bridgehead atoms. The number of pyridine rings is 2. The summed E-state index contributed by atoms with van der Waals surface area (Å²) in [6.45, 7) is 9.09. The van der Waals surface area contributed by atoms with Gasteiger partial charge in [-0.3, -0.25) is 9.80 Å². The standard InChI is InChI=1S/2C20H21F2N5OS/c1-28-18-5-2-14(13-23-18)6-7-26-8-10-27(11-9-26)20-24-19(25-29-20)15-3-4-16(21)17(22)12-15;1-28-18-12-14(4-6-23-18)5-7-26-8-10-27(11-9-26)20-24-19(25-29-20)15-2-3-16(21)17(22)13-15/h2-5,12-13H,6-11H2,1H3;2-4,6,12-13H,5,7-11H2,1H3. The van der Waals surface area contributed by atoms with E-state index in [0.29, 0.717) is 34.5 Å². The van der Waals surface area contributed by atoms with Gasteiger partial charge in [-0.1, -0.05) is 6.07 Å². The van der Waals surface area contributed by atoms with Gasteiger partial charge < -0.3 is 19.3 Å². The van der Waals surface area contributed by atoms with Crippen LogP contribution in [0.1, 0.15) is 11.1 Å². The van der Waals surface area contributed by atoms with E-state index in [9.17, 15) is 17.6 Å². The molecule has 0 atom stereocenters. The van der Waals surface area contributed by atoms with Crippen molar-refractivity contribution in [1.29, 1.82) is 0 Å². The smallest absolute Gasteiger partial charge is 0.213 e. The molecule has 0 saturated carbocycles. The van der Waals surface area contributed by atoms with Crippen molar-refractivity contribution >= 4 is 33.3 Å². The Morgan fingerprint density at radius 2 is 1.07 bits per heavy atom. The van der Waals surface area contributed by atoms with Gasteiger partial charge in [0.1, 0.15) is 0 Å². The van der Waals surface area contributed by atoms with E-state index < -0.39 is 23.3 Å². The summed E-state index contributed by atoms with van der Waals surface area (Å²) in [4.78, 5) is 26.6. The predicted octanol–water partition coefficient (Wildman–Crippen LogP) is 6.50. The lowest BCUT2D eigenvalue weighted by atomic mass is 10.2. The van der Waals surface area contributed by atoms with Gasteiger partial charge in [-0.05, 0) is 66.4 Å². The molecule has 304 valence electrons. The Morgan fingerprint density at radius 1 is 0.552 bits per heavy atom. The van der Waals surface area contributed by atoms with Crippen molar-refractivity contribution in [2.75, 3.05) is 89.5 Å². The molecular formula is C40H42F4N10O2S2. The molecule has 8 rings (SSSR count). The predicted molar refractivity (Wildman–Crippen MR) is 217 cm³/mol. The van der Waals surface area contributed by atoms with E-state index in [-0.39, 0.29) is 0 Å². The van der Waals surface area contributed by atoms with E-state index in [1.165, 1.54) is 46.3 Å². The molecule has 0 N–H and O–H groups in total. The van der Waals surface area contributed by atoms with Gasteiger partial charge in [0.05, 0.1) is 14.2 Å². The molecule has 2 aliphatic heterocycles. The van der Waals surface area contributed by atoms with Crippen LogP contribution in [0.25, 0.3) is 22.8 Å². The van der Waals surface area contributed by atoms with Crippen LogP contribution < -0.4 is 19.3 Å². The lowest BCUT2D eigenvalue weighted by molar-refractivity contribution is 0.261. The number of piperazine rings is 2. The molecule has 2 aromatic carbocycles. The molecule has 0 amide bonds. The van der Waals surface area contributed by atoms with Crippen LogP contribution in [-0.4, -0.2) is 118 Å². The highest BCUT2D eigenvalue weighted by molar-refractivity contribution is 7.10. The Kier molecular flexibility index (Phi) is 13.7. The molecule has 18 heteroatoms. The third-order valence-electron chi connectivity index (χ3n) is 9.92. The van der Waals surface area contributed by atoms with E-state index in [1.54, 1.807) is 20.4 Å². The lowest BCUT2D eigenvalue weighted by Gasteiger charge is -2.34. The number of ether oxygens (including phenoxy) is 2. The van der Waals surface area contributed by atoms with Crippen LogP contribution in [0.5, 0.6) is 11.8 Å². The first-order chi connectivity index (χ1) is 28.2. The Bertz CT molecular complexity index is 2250. The van der Waals surface area contributed by atoms with Crippen LogP contribution in [0.3, 0.4) is 0 Å². The zero-order valence-corrected chi connectivity index (χ0v) is 33.7. The Hall–Kier alpha value is -5.30. The van der Waals surface area contributed by atoms with Crippen molar-refractivity contribution in [1.82, 2.24) is 38.5 Å². The second-order valence-electron chi connectivity index (χ2n) is 13.6. The number of benzene rings is 2. The number of hydrogen-bond acceptors (Lipinski definition) is 14. The van der Waals surface area contributed by atoms with Crippen molar-refractivity contribution < 1.29 is 27.0 Å². The minimum Gasteiger partial charge on any atom is -0.481 e. The van der Waals surface area contributed by atoms with Crippen molar-refractivity contribution in [3.63, 3.8) is 0 Å². The van der Waals surface area contributed by atoms with E-state index in [2.05, 4.69) is 48.3 Å². The van der Waals surface area contributed by atoms with E-state index in [4.69, 9.17) is 9.47 Å². The largest absolute Gasteiger partial charge is 0.481 e. The fourth-order valence-electron chi connectivity index (χ4n) is 6.49. The van der Waals surface area contributed by atoms with Crippen molar-refractivity contribution in [2.45, 2.75) is 12.8 Å². The van der Waals surface area contributed by atoms with Gasteiger partial charge in [-0.15, -0.1) is 0 Å². The van der Waals surface area contributed by atoms with Crippen molar-refractivity contribution in [3.8, 4) is 34.5 Å². The quantitative estimate of drug-likeness (QED) is 0.126. The maximum absolute atomic E-state index is 13.5. The number of rotatable bonds is 12. The van der Waals surface area contributed by atoms with Gasteiger partial charge in [0, 0.05) is 124 Å². The highest BCUT2D eigenvalue weighted by atomic mass is 32.1. The molecule has 0 unspecified atom stereocenters. The van der Waals surface area contributed by atoms with E-state index in [1.807, 2.05) is 30.5 Å².